The number of pyridine rings is 1. The standard InChI is InChI=1S/C20H19N3O3/c1-15-6-7-19-21-16(10-20(24)23(19)11-15)12-22(13-17-4-2-8-25-17)14-18-5-3-9-26-18/h2-11H,12-14H2,1H3. The van der Waals surface area contributed by atoms with Crippen molar-refractivity contribution in [2.24, 2.45) is 0 Å². The van der Waals surface area contributed by atoms with Crippen LogP contribution in [0.5, 0.6) is 0 Å². The zero-order chi connectivity index (χ0) is 17.9. The lowest BCUT2D eigenvalue weighted by molar-refractivity contribution is 0.207. The summed E-state index contributed by atoms with van der Waals surface area (Å²) in [4.78, 5) is 19.2. The van der Waals surface area contributed by atoms with Crippen molar-refractivity contribution in [1.82, 2.24) is 14.3 Å². The van der Waals surface area contributed by atoms with Gasteiger partial charge in [-0.3, -0.25) is 14.1 Å². The van der Waals surface area contributed by atoms with Crippen LogP contribution >= 0.6 is 0 Å². The fourth-order valence-corrected chi connectivity index (χ4v) is 2.98. The van der Waals surface area contributed by atoms with Crippen molar-refractivity contribution in [3.05, 3.63) is 94.3 Å². The maximum atomic E-state index is 12.4. The van der Waals surface area contributed by atoms with Crippen LogP contribution in [0.25, 0.3) is 5.65 Å². The molecular formula is C20H19N3O3. The average molecular weight is 349 g/mol. The number of aryl methyl sites for hydroxylation is 1. The molecule has 0 spiro atoms. The number of hydrogen-bond donors (Lipinski definition) is 0. The average Bonchev–Trinajstić information content (AvgIpc) is 3.30. The van der Waals surface area contributed by atoms with Crippen molar-refractivity contribution in [1.29, 1.82) is 0 Å². The van der Waals surface area contributed by atoms with Crippen LogP contribution in [-0.4, -0.2) is 14.3 Å². The number of nitrogens with zero attached hydrogens (tertiary/aromatic N) is 3. The summed E-state index contributed by atoms with van der Waals surface area (Å²) < 4.78 is 12.5. The van der Waals surface area contributed by atoms with E-state index in [1.54, 1.807) is 29.2 Å². The Morgan fingerprint density at radius 1 is 1.00 bits per heavy atom. The molecule has 4 rings (SSSR count). The molecule has 0 bridgehead atoms. The Kier molecular flexibility index (Phi) is 4.41. The minimum atomic E-state index is -0.0790. The van der Waals surface area contributed by atoms with Crippen LogP contribution in [0.1, 0.15) is 22.8 Å². The molecule has 0 fully saturated rings. The van der Waals surface area contributed by atoms with Crippen molar-refractivity contribution in [2.75, 3.05) is 0 Å². The van der Waals surface area contributed by atoms with Crippen molar-refractivity contribution in [2.45, 2.75) is 26.6 Å². The van der Waals surface area contributed by atoms with Gasteiger partial charge >= 0.3 is 0 Å². The van der Waals surface area contributed by atoms with Crippen LogP contribution in [0, 0.1) is 6.92 Å². The predicted molar refractivity (Wildman–Crippen MR) is 96.6 cm³/mol. The minimum absolute atomic E-state index is 0.0790. The van der Waals surface area contributed by atoms with E-state index in [0.717, 1.165) is 22.8 Å². The monoisotopic (exact) mass is 349 g/mol. The molecule has 0 aromatic carbocycles. The van der Waals surface area contributed by atoms with Crippen molar-refractivity contribution >= 4 is 5.65 Å². The van der Waals surface area contributed by atoms with Gasteiger partial charge in [0.2, 0.25) is 0 Å². The van der Waals surface area contributed by atoms with Gasteiger partial charge in [0.15, 0.2) is 0 Å². The lowest BCUT2D eigenvalue weighted by atomic mass is 10.3. The Morgan fingerprint density at radius 2 is 1.69 bits per heavy atom. The molecule has 0 aliphatic rings. The quantitative estimate of drug-likeness (QED) is 0.534. The number of aromatic nitrogens is 2. The molecule has 4 aromatic heterocycles. The van der Waals surface area contributed by atoms with E-state index in [1.165, 1.54) is 0 Å². The molecule has 0 aliphatic carbocycles. The Balaban J connectivity index is 1.63. The molecular weight excluding hydrogens is 330 g/mol. The third kappa shape index (κ3) is 3.60. The van der Waals surface area contributed by atoms with E-state index < -0.39 is 0 Å². The smallest absolute Gasteiger partial charge is 0.258 e. The summed E-state index contributed by atoms with van der Waals surface area (Å²) in [5, 5.41) is 0. The number of fused-ring (bicyclic) bond motifs is 1. The first-order chi connectivity index (χ1) is 12.7. The highest BCUT2D eigenvalue weighted by Gasteiger charge is 2.13. The van der Waals surface area contributed by atoms with Crippen LogP contribution in [-0.2, 0) is 19.6 Å². The van der Waals surface area contributed by atoms with Crippen LogP contribution in [0.2, 0.25) is 0 Å². The predicted octanol–water partition coefficient (Wildman–Crippen LogP) is 3.39. The van der Waals surface area contributed by atoms with E-state index in [9.17, 15) is 4.79 Å². The van der Waals surface area contributed by atoms with Crippen LogP contribution < -0.4 is 5.56 Å². The molecule has 0 N–H and O–H groups in total. The summed E-state index contributed by atoms with van der Waals surface area (Å²) in [6.07, 6.45) is 5.12. The largest absolute Gasteiger partial charge is 0.468 e. The minimum Gasteiger partial charge on any atom is -0.468 e. The highest BCUT2D eigenvalue weighted by molar-refractivity contribution is 5.39. The third-order valence-corrected chi connectivity index (χ3v) is 4.17. The molecule has 4 aromatic rings. The first-order valence-electron chi connectivity index (χ1n) is 8.43. The summed E-state index contributed by atoms with van der Waals surface area (Å²) in [6, 6.07) is 13.0. The molecule has 0 unspecified atom stereocenters. The Bertz CT molecular complexity index is 1010. The summed E-state index contributed by atoms with van der Waals surface area (Å²) in [5.74, 6) is 1.70. The van der Waals surface area contributed by atoms with E-state index in [2.05, 4.69) is 9.88 Å². The third-order valence-electron chi connectivity index (χ3n) is 4.17. The first kappa shape index (κ1) is 16.4. The van der Waals surface area contributed by atoms with Crippen molar-refractivity contribution < 1.29 is 8.83 Å². The van der Waals surface area contributed by atoms with E-state index in [4.69, 9.17) is 8.83 Å². The molecule has 0 aliphatic heterocycles. The van der Waals surface area contributed by atoms with Gasteiger partial charge in [-0.2, -0.15) is 0 Å². The fraction of sp³-hybridized carbons (Fsp3) is 0.200. The van der Waals surface area contributed by atoms with Crippen LogP contribution in [0.15, 0.2) is 74.8 Å². The van der Waals surface area contributed by atoms with Crippen LogP contribution in [0.4, 0.5) is 0 Å². The van der Waals surface area contributed by atoms with E-state index in [1.807, 2.05) is 43.3 Å². The molecule has 0 saturated heterocycles. The Hall–Kier alpha value is -3.12. The highest BCUT2D eigenvalue weighted by Crippen LogP contribution is 2.14. The first-order valence-corrected chi connectivity index (χ1v) is 8.43. The normalized spacial score (nSPS) is 11.5. The zero-order valence-electron chi connectivity index (χ0n) is 14.5. The van der Waals surface area contributed by atoms with Gasteiger partial charge in [-0.25, -0.2) is 4.98 Å². The van der Waals surface area contributed by atoms with Gasteiger partial charge in [-0.15, -0.1) is 0 Å². The molecule has 0 atom stereocenters. The molecule has 0 saturated carbocycles. The maximum absolute atomic E-state index is 12.4. The van der Waals surface area contributed by atoms with Gasteiger partial charge in [0.25, 0.3) is 5.56 Å². The number of hydrogen-bond acceptors (Lipinski definition) is 5. The molecule has 26 heavy (non-hydrogen) atoms. The molecule has 0 radical (unpaired) electrons. The Morgan fingerprint density at radius 3 is 2.31 bits per heavy atom. The fourth-order valence-electron chi connectivity index (χ4n) is 2.98. The molecule has 132 valence electrons. The number of furan rings is 2. The maximum Gasteiger partial charge on any atom is 0.258 e. The second-order valence-corrected chi connectivity index (χ2v) is 6.32. The summed E-state index contributed by atoms with van der Waals surface area (Å²) in [6.45, 7) is 3.67. The van der Waals surface area contributed by atoms with Gasteiger partial charge in [-0.1, -0.05) is 6.07 Å². The summed E-state index contributed by atoms with van der Waals surface area (Å²) in [7, 11) is 0. The van der Waals surface area contributed by atoms with E-state index >= 15 is 0 Å². The van der Waals surface area contributed by atoms with Gasteiger partial charge < -0.3 is 8.83 Å². The van der Waals surface area contributed by atoms with Crippen molar-refractivity contribution in [3.63, 3.8) is 0 Å². The van der Waals surface area contributed by atoms with Gasteiger partial charge in [-0.05, 0) is 42.8 Å². The second-order valence-electron chi connectivity index (χ2n) is 6.32. The lowest BCUT2D eigenvalue weighted by Gasteiger charge is -2.19. The van der Waals surface area contributed by atoms with Gasteiger partial charge in [0.05, 0.1) is 31.3 Å². The summed E-state index contributed by atoms with van der Waals surface area (Å²) in [5.41, 5.74) is 2.31. The molecule has 6 heteroatoms. The second kappa shape index (κ2) is 7.01. The SMILES string of the molecule is Cc1ccc2nc(CN(Cc3ccco3)Cc3ccco3)cc(=O)n2c1. The Labute approximate surface area is 150 Å². The van der Waals surface area contributed by atoms with E-state index in [0.29, 0.717) is 25.3 Å². The van der Waals surface area contributed by atoms with Crippen molar-refractivity contribution in [3.8, 4) is 0 Å². The lowest BCUT2D eigenvalue weighted by Crippen LogP contribution is -2.24. The van der Waals surface area contributed by atoms with Gasteiger partial charge in [0, 0.05) is 18.8 Å². The molecule has 6 nitrogen and oxygen atoms in total. The van der Waals surface area contributed by atoms with Crippen LogP contribution in [0.3, 0.4) is 0 Å². The zero-order valence-corrected chi connectivity index (χ0v) is 14.5. The highest BCUT2D eigenvalue weighted by atomic mass is 16.3. The number of rotatable bonds is 6. The topological polar surface area (TPSA) is 63.9 Å². The van der Waals surface area contributed by atoms with E-state index in [-0.39, 0.29) is 5.56 Å². The van der Waals surface area contributed by atoms with Gasteiger partial charge in [0.1, 0.15) is 17.2 Å². The molecule has 0 amide bonds. The molecule has 4 heterocycles. The summed E-state index contributed by atoms with van der Waals surface area (Å²) >= 11 is 0.